The molecule has 1 rings (SSSR count). The second-order valence-corrected chi connectivity index (χ2v) is 3.51. The van der Waals surface area contributed by atoms with E-state index in [0.717, 1.165) is 19.5 Å². The quantitative estimate of drug-likeness (QED) is 0.482. The molecule has 0 spiro atoms. The number of hydroxylamine groups is 2. The molecule has 0 aromatic carbocycles. The van der Waals surface area contributed by atoms with Crippen molar-refractivity contribution in [2.75, 3.05) is 19.3 Å². The van der Waals surface area contributed by atoms with Crippen molar-refractivity contribution in [2.45, 2.75) is 6.42 Å². The van der Waals surface area contributed by atoms with Crippen LogP contribution in [0, 0.1) is 0 Å². The number of nitrogens with zero attached hydrogens (tertiary/aromatic N) is 1. The van der Waals surface area contributed by atoms with Gasteiger partial charge in [0, 0.05) is 13.1 Å². The Morgan fingerprint density at radius 2 is 1.60 bits per heavy atom. The molecule has 1 saturated heterocycles. The van der Waals surface area contributed by atoms with Crippen molar-refractivity contribution in [1.29, 1.82) is 0 Å². The van der Waals surface area contributed by atoms with Crippen LogP contribution in [0.4, 0.5) is 0 Å². The summed E-state index contributed by atoms with van der Waals surface area (Å²) in [5.74, 6) is 0. The third kappa shape index (κ3) is 10.7. The fourth-order valence-electron chi connectivity index (χ4n) is 0.300. The van der Waals surface area contributed by atoms with Crippen LogP contribution in [-0.4, -0.2) is 42.6 Å². The Kier molecular flexibility index (Phi) is 3.80. The molecule has 62 valence electrons. The minimum atomic E-state index is -3.67. The lowest BCUT2D eigenvalue weighted by atomic mass is 10.3. The second-order valence-electron chi connectivity index (χ2n) is 2.04. The van der Waals surface area contributed by atoms with Gasteiger partial charge in [-0.15, -0.1) is 0 Å². The molecule has 5 nitrogen and oxygen atoms in total. The topological polar surface area (TPSA) is 77.8 Å². The molecule has 1 fully saturated rings. The van der Waals surface area contributed by atoms with E-state index in [-0.39, 0.29) is 0 Å². The van der Waals surface area contributed by atoms with Gasteiger partial charge in [-0.25, -0.2) is 0 Å². The first kappa shape index (κ1) is 9.83. The highest BCUT2D eigenvalue weighted by Gasteiger charge is 2.07. The SMILES string of the molecule is CS(=O)(=O)O.ON1CCC1. The maximum Gasteiger partial charge on any atom is 0.261 e. The van der Waals surface area contributed by atoms with Gasteiger partial charge in [-0.3, -0.25) is 4.55 Å². The zero-order valence-electron chi connectivity index (χ0n) is 5.69. The second kappa shape index (κ2) is 3.87. The Bertz CT molecular complexity index is 164. The molecule has 0 bridgehead atoms. The predicted molar refractivity (Wildman–Crippen MR) is 35.4 cm³/mol. The van der Waals surface area contributed by atoms with E-state index in [1.807, 2.05) is 0 Å². The van der Waals surface area contributed by atoms with Crippen molar-refractivity contribution >= 4 is 10.1 Å². The molecule has 0 radical (unpaired) electrons. The normalized spacial score (nSPS) is 18.7. The van der Waals surface area contributed by atoms with E-state index in [4.69, 9.17) is 9.76 Å². The van der Waals surface area contributed by atoms with Crippen molar-refractivity contribution < 1.29 is 18.2 Å². The van der Waals surface area contributed by atoms with Crippen LogP contribution in [0.3, 0.4) is 0 Å². The number of rotatable bonds is 0. The summed E-state index contributed by atoms with van der Waals surface area (Å²) in [5.41, 5.74) is 0. The molecule has 0 aromatic rings. The van der Waals surface area contributed by atoms with Crippen molar-refractivity contribution in [2.24, 2.45) is 0 Å². The van der Waals surface area contributed by atoms with Crippen LogP contribution in [-0.2, 0) is 10.1 Å². The summed E-state index contributed by atoms with van der Waals surface area (Å²) >= 11 is 0. The summed E-state index contributed by atoms with van der Waals surface area (Å²) in [6.07, 6.45) is 1.88. The molecular formula is C4H11NO4S. The van der Waals surface area contributed by atoms with Gasteiger partial charge in [0.05, 0.1) is 6.26 Å². The summed E-state index contributed by atoms with van der Waals surface area (Å²) < 4.78 is 25.9. The summed E-state index contributed by atoms with van der Waals surface area (Å²) in [7, 11) is -3.67. The average molecular weight is 169 g/mol. The monoisotopic (exact) mass is 169 g/mol. The van der Waals surface area contributed by atoms with Crippen LogP contribution in [0.15, 0.2) is 0 Å². The number of hydrogen-bond acceptors (Lipinski definition) is 4. The first-order chi connectivity index (χ1) is 4.39. The summed E-state index contributed by atoms with van der Waals surface area (Å²) in [6, 6.07) is 0. The Morgan fingerprint density at radius 3 is 1.60 bits per heavy atom. The molecule has 0 unspecified atom stereocenters. The molecule has 0 atom stereocenters. The molecule has 0 amide bonds. The molecule has 1 heterocycles. The first-order valence-electron chi connectivity index (χ1n) is 2.76. The lowest BCUT2D eigenvalue weighted by molar-refractivity contribution is -0.137. The van der Waals surface area contributed by atoms with Gasteiger partial charge in [0.2, 0.25) is 0 Å². The Labute approximate surface area is 60.0 Å². The van der Waals surface area contributed by atoms with Crippen molar-refractivity contribution in [3.63, 3.8) is 0 Å². The Hall–Kier alpha value is -0.170. The molecule has 1 aliphatic rings. The Morgan fingerprint density at radius 1 is 1.40 bits per heavy atom. The van der Waals surface area contributed by atoms with E-state index < -0.39 is 10.1 Å². The zero-order chi connectivity index (χ0) is 8.20. The summed E-state index contributed by atoms with van der Waals surface area (Å²) in [5, 5.41) is 9.59. The van der Waals surface area contributed by atoms with Gasteiger partial charge in [0.25, 0.3) is 10.1 Å². The third-order valence-electron chi connectivity index (χ3n) is 0.832. The van der Waals surface area contributed by atoms with Crippen LogP contribution in [0.2, 0.25) is 0 Å². The summed E-state index contributed by atoms with van der Waals surface area (Å²) in [4.78, 5) is 0. The standard InChI is InChI=1S/C3H7NO.CH4O3S/c5-4-2-1-3-4;1-5(2,3)4/h5H,1-3H2;1H3,(H,2,3,4). The third-order valence-corrected chi connectivity index (χ3v) is 0.832. The smallest absolute Gasteiger partial charge is 0.261 e. The van der Waals surface area contributed by atoms with Crippen molar-refractivity contribution in [3.05, 3.63) is 0 Å². The van der Waals surface area contributed by atoms with Gasteiger partial charge in [0.1, 0.15) is 0 Å². The predicted octanol–water partition coefficient (Wildman–Crippen LogP) is -0.415. The minimum Gasteiger partial charge on any atom is -0.314 e. The summed E-state index contributed by atoms with van der Waals surface area (Å²) in [6.45, 7) is 1.75. The molecule has 2 N–H and O–H groups in total. The highest BCUT2D eigenvalue weighted by Crippen LogP contribution is 1.97. The van der Waals surface area contributed by atoms with Gasteiger partial charge in [-0.1, -0.05) is 0 Å². The molecule has 1 aliphatic heterocycles. The van der Waals surface area contributed by atoms with E-state index in [1.54, 1.807) is 0 Å². The van der Waals surface area contributed by atoms with Crippen molar-refractivity contribution in [3.8, 4) is 0 Å². The first-order valence-corrected chi connectivity index (χ1v) is 4.60. The molecule has 6 heteroatoms. The average Bonchev–Trinajstić information content (AvgIpc) is 1.56. The molecule has 10 heavy (non-hydrogen) atoms. The zero-order valence-corrected chi connectivity index (χ0v) is 6.50. The lowest BCUT2D eigenvalue weighted by Gasteiger charge is -2.22. The van der Waals surface area contributed by atoms with E-state index in [9.17, 15) is 8.42 Å². The van der Waals surface area contributed by atoms with Crippen LogP contribution in [0.25, 0.3) is 0 Å². The van der Waals surface area contributed by atoms with E-state index in [0.29, 0.717) is 6.26 Å². The fourth-order valence-corrected chi connectivity index (χ4v) is 0.300. The van der Waals surface area contributed by atoms with Gasteiger partial charge >= 0.3 is 0 Å². The van der Waals surface area contributed by atoms with Gasteiger partial charge in [-0.2, -0.15) is 13.5 Å². The lowest BCUT2D eigenvalue weighted by Crippen LogP contribution is -2.33. The van der Waals surface area contributed by atoms with Gasteiger partial charge in [-0.05, 0) is 6.42 Å². The van der Waals surface area contributed by atoms with Crippen LogP contribution in [0.1, 0.15) is 6.42 Å². The maximum absolute atomic E-state index is 9.19. The van der Waals surface area contributed by atoms with Gasteiger partial charge in [0.15, 0.2) is 0 Å². The van der Waals surface area contributed by atoms with E-state index in [1.165, 1.54) is 5.06 Å². The molecule has 0 aliphatic carbocycles. The molecular weight excluding hydrogens is 158 g/mol. The highest BCUT2D eigenvalue weighted by molar-refractivity contribution is 7.85. The van der Waals surface area contributed by atoms with E-state index in [2.05, 4.69) is 0 Å². The molecule has 0 saturated carbocycles. The van der Waals surface area contributed by atoms with Crippen LogP contribution >= 0.6 is 0 Å². The van der Waals surface area contributed by atoms with Gasteiger partial charge < -0.3 is 5.21 Å². The van der Waals surface area contributed by atoms with Crippen LogP contribution in [0.5, 0.6) is 0 Å². The van der Waals surface area contributed by atoms with Crippen molar-refractivity contribution in [1.82, 2.24) is 5.06 Å². The number of hydrogen-bond donors (Lipinski definition) is 2. The maximum atomic E-state index is 9.19. The fraction of sp³-hybridized carbons (Fsp3) is 1.00. The molecule has 0 aromatic heterocycles. The largest absolute Gasteiger partial charge is 0.314 e. The Balaban J connectivity index is 0.000000162. The van der Waals surface area contributed by atoms with E-state index >= 15 is 0 Å². The highest BCUT2D eigenvalue weighted by atomic mass is 32.2. The van der Waals surface area contributed by atoms with Crippen LogP contribution < -0.4 is 0 Å². The minimum absolute atomic E-state index is 0.715.